The predicted octanol–water partition coefficient (Wildman–Crippen LogP) is 4.75. The maximum absolute atomic E-state index is 10.9. The first-order chi connectivity index (χ1) is 12.3. The van der Waals surface area contributed by atoms with Gasteiger partial charge in [-0.05, 0) is 29.4 Å². The number of carboxylic acid groups (broad SMARTS) is 1. The van der Waals surface area contributed by atoms with Gasteiger partial charge in [0.25, 0.3) is 0 Å². The lowest BCUT2D eigenvalue weighted by Crippen LogP contribution is -2.17. The van der Waals surface area contributed by atoms with Gasteiger partial charge in [-0.1, -0.05) is 59.8 Å². The molecule has 0 unspecified atom stereocenters. The van der Waals surface area contributed by atoms with Gasteiger partial charge in [0.2, 0.25) is 0 Å². The number of hydrogen-bond donors (Lipinski definition) is 2. The number of aryl methyl sites for hydroxylation is 1. The summed E-state index contributed by atoms with van der Waals surface area (Å²) in [7, 11) is 0. The fourth-order valence-electron chi connectivity index (χ4n) is 2.88. The van der Waals surface area contributed by atoms with Gasteiger partial charge in [0.05, 0.1) is 5.69 Å². The van der Waals surface area contributed by atoms with E-state index in [-0.39, 0.29) is 23.1 Å². The Balaban J connectivity index is 2.50. The van der Waals surface area contributed by atoms with Crippen LogP contribution in [0.15, 0.2) is 18.3 Å². The third kappa shape index (κ3) is 5.00. The van der Waals surface area contributed by atoms with Crippen LogP contribution in [0.3, 0.4) is 0 Å². The van der Waals surface area contributed by atoms with Crippen LogP contribution in [0.2, 0.25) is 0 Å². The molecule has 2 rings (SSSR count). The highest BCUT2D eigenvalue weighted by molar-refractivity contribution is 5.75. The van der Waals surface area contributed by atoms with Crippen LogP contribution in [-0.2, 0) is 22.2 Å². The van der Waals surface area contributed by atoms with Crippen LogP contribution in [0.25, 0.3) is 12.2 Å². The number of benzene rings is 1. The van der Waals surface area contributed by atoms with Crippen molar-refractivity contribution in [2.45, 2.75) is 65.8 Å². The molecule has 2 N–H and O–H groups in total. The number of carbonyl (C=O) groups is 1. The van der Waals surface area contributed by atoms with Crippen molar-refractivity contribution in [1.82, 2.24) is 9.78 Å². The van der Waals surface area contributed by atoms with Crippen LogP contribution < -0.4 is 0 Å². The molecule has 0 aliphatic carbocycles. The van der Waals surface area contributed by atoms with E-state index in [1.807, 2.05) is 25.1 Å². The van der Waals surface area contributed by atoms with Gasteiger partial charge < -0.3 is 10.2 Å². The smallest absolute Gasteiger partial charge is 0.325 e. The standard InChI is InChI=1S/C22H30N2O3/c1-14-16(12-24(23-14)13-19(25)26)9-8-15-10-17(21(2,3)4)11-18(20(15)27)22(5,6)7/h8-12,27H,13H2,1-7H3,(H,25,26). The summed E-state index contributed by atoms with van der Waals surface area (Å²) >= 11 is 0. The average Bonchev–Trinajstić information content (AvgIpc) is 2.82. The summed E-state index contributed by atoms with van der Waals surface area (Å²) < 4.78 is 1.41. The summed E-state index contributed by atoms with van der Waals surface area (Å²) in [5.74, 6) is -0.652. The van der Waals surface area contributed by atoms with E-state index in [1.54, 1.807) is 6.20 Å². The Morgan fingerprint density at radius 2 is 1.67 bits per heavy atom. The normalized spacial score (nSPS) is 12.7. The summed E-state index contributed by atoms with van der Waals surface area (Å²) in [5, 5.41) is 24.0. The quantitative estimate of drug-likeness (QED) is 0.814. The molecular weight excluding hydrogens is 340 g/mol. The largest absolute Gasteiger partial charge is 0.507 e. The maximum atomic E-state index is 10.9. The van der Waals surface area contributed by atoms with Crippen LogP contribution in [0.5, 0.6) is 5.75 Å². The van der Waals surface area contributed by atoms with Gasteiger partial charge in [0, 0.05) is 22.9 Å². The molecule has 0 aliphatic heterocycles. The predicted molar refractivity (Wildman–Crippen MR) is 109 cm³/mol. The van der Waals surface area contributed by atoms with Crippen molar-refractivity contribution in [3.63, 3.8) is 0 Å². The van der Waals surface area contributed by atoms with Crippen molar-refractivity contribution < 1.29 is 15.0 Å². The van der Waals surface area contributed by atoms with E-state index in [2.05, 4.69) is 52.7 Å². The van der Waals surface area contributed by atoms with Gasteiger partial charge in [-0.25, -0.2) is 0 Å². The Hall–Kier alpha value is -2.56. The molecule has 0 spiro atoms. The lowest BCUT2D eigenvalue weighted by Gasteiger charge is -2.27. The van der Waals surface area contributed by atoms with E-state index >= 15 is 0 Å². The molecule has 0 saturated heterocycles. The van der Waals surface area contributed by atoms with Crippen molar-refractivity contribution >= 4 is 18.1 Å². The van der Waals surface area contributed by atoms with E-state index in [9.17, 15) is 9.90 Å². The minimum Gasteiger partial charge on any atom is -0.507 e. The first-order valence-corrected chi connectivity index (χ1v) is 9.11. The molecule has 0 radical (unpaired) electrons. The Morgan fingerprint density at radius 1 is 1.07 bits per heavy atom. The Bertz CT molecular complexity index is 878. The number of rotatable bonds is 4. The first kappa shape index (κ1) is 20.7. The number of aromatic hydroxyl groups is 1. The molecule has 1 aromatic heterocycles. The highest BCUT2D eigenvalue weighted by atomic mass is 16.4. The van der Waals surface area contributed by atoms with Crippen LogP contribution in [0.1, 0.15) is 69.5 Å². The third-order valence-corrected chi connectivity index (χ3v) is 4.54. The van der Waals surface area contributed by atoms with Gasteiger partial charge in [-0.15, -0.1) is 0 Å². The number of phenolic OH excluding ortho intramolecular Hbond substituents is 1. The highest BCUT2D eigenvalue weighted by Gasteiger charge is 2.24. The highest BCUT2D eigenvalue weighted by Crippen LogP contribution is 2.38. The summed E-state index contributed by atoms with van der Waals surface area (Å²) in [6.45, 7) is 14.4. The van der Waals surface area contributed by atoms with Crippen LogP contribution >= 0.6 is 0 Å². The van der Waals surface area contributed by atoms with Crippen LogP contribution in [0, 0.1) is 6.92 Å². The van der Waals surface area contributed by atoms with Crippen molar-refractivity contribution in [2.75, 3.05) is 0 Å². The maximum Gasteiger partial charge on any atom is 0.325 e. The number of aromatic nitrogens is 2. The number of phenols is 1. The molecule has 2 aromatic rings. The second kappa shape index (κ2) is 7.22. The lowest BCUT2D eigenvalue weighted by molar-refractivity contribution is -0.137. The SMILES string of the molecule is Cc1nn(CC(=O)O)cc1C=Cc1cc(C(C)(C)C)cc(C(C)(C)C)c1O. The summed E-state index contributed by atoms with van der Waals surface area (Å²) in [4.78, 5) is 10.9. The molecule has 1 aromatic carbocycles. The Morgan fingerprint density at radius 3 is 2.19 bits per heavy atom. The fraction of sp³-hybridized carbons (Fsp3) is 0.455. The van der Waals surface area contributed by atoms with E-state index in [1.165, 1.54) is 4.68 Å². The molecule has 0 bridgehead atoms. The summed E-state index contributed by atoms with van der Waals surface area (Å²) in [6, 6.07) is 4.10. The minimum atomic E-state index is -0.932. The number of nitrogens with zero attached hydrogens (tertiary/aromatic N) is 2. The third-order valence-electron chi connectivity index (χ3n) is 4.54. The van der Waals surface area contributed by atoms with E-state index < -0.39 is 5.97 Å². The van der Waals surface area contributed by atoms with Crippen molar-refractivity contribution in [1.29, 1.82) is 0 Å². The molecule has 146 valence electrons. The zero-order valence-electron chi connectivity index (χ0n) is 17.3. The lowest BCUT2D eigenvalue weighted by atomic mass is 9.79. The molecule has 0 amide bonds. The fourth-order valence-corrected chi connectivity index (χ4v) is 2.88. The number of aliphatic carboxylic acids is 1. The van der Waals surface area contributed by atoms with E-state index in [0.717, 1.165) is 27.9 Å². The zero-order chi connectivity index (χ0) is 20.6. The van der Waals surface area contributed by atoms with Crippen LogP contribution in [-0.4, -0.2) is 26.0 Å². The molecule has 5 heteroatoms. The molecule has 27 heavy (non-hydrogen) atoms. The molecule has 0 aliphatic rings. The summed E-state index contributed by atoms with van der Waals surface area (Å²) in [6.07, 6.45) is 5.44. The molecule has 0 saturated carbocycles. The summed E-state index contributed by atoms with van der Waals surface area (Å²) in [5.41, 5.74) is 4.16. The van der Waals surface area contributed by atoms with Crippen molar-refractivity contribution in [3.8, 4) is 5.75 Å². The molecule has 1 heterocycles. The van der Waals surface area contributed by atoms with Gasteiger partial charge in [-0.3, -0.25) is 9.48 Å². The van der Waals surface area contributed by atoms with Gasteiger partial charge in [0.15, 0.2) is 0 Å². The molecule has 5 nitrogen and oxygen atoms in total. The van der Waals surface area contributed by atoms with E-state index in [0.29, 0.717) is 0 Å². The van der Waals surface area contributed by atoms with Crippen molar-refractivity contribution in [2.24, 2.45) is 0 Å². The molecule has 0 atom stereocenters. The van der Waals surface area contributed by atoms with E-state index in [4.69, 9.17) is 5.11 Å². The van der Waals surface area contributed by atoms with Crippen LogP contribution in [0.4, 0.5) is 0 Å². The monoisotopic (exact) mass is 370 g/mol. The van der Waals surface area contributed by atoms with Gasteiger partial charge in [-0.2, -0.15) is 5.10 Å². The number of hydrogen-bond acceptors (Lipinski definition) is 3. The zero-order valence-corrected chi connectivity index (χ0v) is 17.3. The van der Waals surface area contributed by atoms with Crippen molar-refractivity contribution in [3.05, 3.63) is 46.3 Å². The topological polar surface area (TPSA) is 75.4 Å². The molecular formula is C22H30N2O3. The number of carboxylic acids is 1. The van der Waals surface area contributed by atoms with Gasteiger partial charge >= 0.3 is 5.97 Å². The second-order valence-corrected chi connectivity index (χ2v) is 9.06. The second-order valence-electron chi connectivity index (χ2n) is 9.06. The molecule has 0 fully saturated rings. The first-order valence-electron chi connectivity index (χ1n) is 9.11. The Kier molecular flexibility index (Phi) is 5.55. The Labute approximate surface area is 161 Å². The average molecular weight is 370 g/mol. The minimum absolute atomic E-state index is 0.0431. The van der Waals surface area contributed by atoms with Gasteiger partial charge in [0.1, 0.15) is 12.3 Å².